The van der Waals surface area contributed by atoms with Crippen LogP contribution in [0.4, 0.5) is 0 Å². The molecule has 0 aromatic heterocycles. The lowest BCUT2D eigenvalue weighted by Crippen LogP contribution is -2.45. The van der Waals surface area contributed by atoms with Crippen molar-refractivity contribution in [1.29, 1.82) is 0 Å². The van der Waals surface area contributed by atoms with Gasteiger partial charge in [0.2, 0.25) is 0 Å². The van der Waals surface area contributed by atoms with Gasteiger partial charge >= 0.3 is 0 Å². The van der Waals surface area contributed by atoms with Crippen LogP contribution in [-0.2, 0) is 4.74 Å². The lowest BCUT2D eigenvalue weighted by molar-refractivity contribution is -0.0105. The highest BCUT2D eigenvalue weighted by Crippen LogP contribution is 2.42. The second-order valence-electron chi connectivity index (χ2n) is 2.95. The molecule has 0 radical (unpaired) electrons. The van der Waals surface area contributed by atoms with E-state index in [-0.39, 0.29) is 0 Å². The Morgan fingerprint density at radius 2 is 2.33 bits per heavy atom. The minimum Gasteiger partial charge on any atom is -0.378 e. The van der Waals surface area contributed by atoms with E-state index in [2.05, 4.69) is 0 Å². The maximum Gasteiger partial charge on any atom is 0.0641 e. The zero-order valence-corrected chi connectivity index (χ0v) is 6.12. The predicted molar refractivity (Wildman–Crippen MR) is 38.6 cm³/mol. The molecule has 0 bridgehead atoms. The highest BCUT2D eigenvalue weighted by Gasteiger charge is 2.44. The van der Waals surface area contributed by atoms with Gasteiger partial charge in [0.15, 0.2) is 0 Å². The van der Waals surface area contributed by atoms with Crippen molar-refractivity contribution in [1.82, 2.24) is 0 Å². The lowest BCUT2D eigenvalue weighted by Gasteiger charge is -2.36. The summed E-state index contributed by atoms with van der Waals surface area (Å²) in [6.07, 6.45) is 1.16. The topological polar surface area (TPSA) is 35.2 Å². The van der Waals surface area contributed by atoms with E-state index >= 15 is 0 Å². The first kappa shape index (κ1) is 6.01. The molecule has 0 amide bonds. The Labute approximate surface area is 59.1 Å². The van der Waals surface area contributed by atoms with Gasteiger partial charge in [-0.2, -0.15) is 0 Å². The molecule has 2 saturated heterocycles. The zero-order chi connectivity index (χ0) is 6.32. The monoisotopic (exact) mass is 145 g/mol. The molecule has 1 unspecified atom stereocenters. The van der Waals surface area contributed by atoms with Gasteiger partial charge in [0.05, 0.1) is 18.0 Å². The van der Waals surface area contributed by atoms with Crippen LogP contribution in [0.5, 0.6) is 0 Å². The molecule has 2 heterocycles. The standard InChI is InChI=1S/C6H11NOS/c7-5-1-6(9-2-5)3-8-4-6/h5H,1-4,7H2. The summed E-state index contributed by atoms with van der Waals surface area (Å²) < 4.78 is 5.59. The molecule has 1 atom stereocenters. The van der Waals surface area contributed by atoms with Crippen molar-refractivity contribution in [3.05, 3.63) is 0 Å². The van der Waals surface area contributed by atoms with E-state index in [9.17, 15) is 0 Å². The predicted octanol–water partition coefficient (Wildman–Crippen LogP) is 0.220. The third kappa shape index (κ3) is 0.876. The number of rotatable bonds is 0. The summed E-state index contributed by atoms with van der Waals surface area (Å²) in [5.74, 6) is 1.13. The fourth-order valence-corrected chi connectivity index (χ4v) is 2.76. The molecule has 2 nitrogen and oxygen atoms in total. The molecule has 2 aliphatic heterocycles. The summed E-state index contributed by atoms with van der Waals surface area (Å²) in [5, 5.41) is 0. The van der Waals surface area contributed by atoms with Crippen LogP contribution >= 0.6 is 11.8 Å². The van der Waals surface area contributed by atoms with E-state index < -0.39 is 0 Å². The highest BCUT2D eigenvalue weighted by molar-refractivity contribution is 8.01. The second-order valence-corrected chi connectivity index (χ2v) is 4.44. The molecule has 2 aliphatic rings. The fraction of sp³-hybridized carbons (Fsp3) is 1.00. The number of thioether (sulfide) groups is 1. The molecule has 0 aromatic carbocycles. The van der Waals surface area contributed by atoms with Gasteiger partial charge in [0, 0.05) is 11.8 Å². The van der Waals surface area contributed by atoms with Gasteiger partial charge in [-0.15, -0.1) is 11.8 Å². The second kappa shape index (κ2) is 1.87. The average Bonchev–Trinajstić information content (AvgIpc) is 2.09. The van der Waals surface area contributed by atoms with Crippen LogP contribution in [-0.4, -0.2) is 29.8 Å². The molecule has 3 heteroatoms. The molecule has 2 fully saturated rings. The minimum atomic E-state index is 0.430. The Kier molecular flexibility index (Phi) is 1.25. The molecule has 0 aliphatic carbocycles. The van der Waals surface area contributed by atoms with Crippen molar-refractivity contribution in [3.63, 3.8) is 0 Å². The van der Waals surface area contributed by atoms with Crippen molar-refractivity contribution in [2.75, 3.05) is 19.0 Å². The van der Waals surface area contributed by atoms with Gasteiger partial charge in [-0.1, -0.05) is 0 Å². The summed E-state index contributed by atoms with van der Waals surface area (Å²) in [4.78, 5) is 0. The average molecular weight is 145 g/mol. The zero-order valence-electron chi connectivity index (χ0n) is 5.30. The molecule has 52 valence electrons. The Hall–Kier alpha value is 0.270. The molecule has 9 heavy (non-hydrogen) atoms. The van der Waals surface area contributed by atoms with Crippen LogP contribution in [0, 0.1) is 0 Å². The van der Waals surface area contributed by atoms with Crippen LogP contribution in [0.3, 0.4) is 0 Å². The number of hydrogen-bond acceptors (Lipinski definition) is 3. The fourth-order valence-electron chi connectivity index (χ4n) is 1.41. The quantitative estimate of drug-likeness (QED) is 0.529. The maximum atomic E-state index is 5.74. The van der Waals surface area contributed by atoms with Crippen LogP contribution in [0.25, 0.3) is 0 Å². The third-order valence-corrected chi connectivity index (χ3v) is 3.58. The van der Waals surface area contributed by atoms with Gasteiger partial charge in [-0.3, -0.25) is 0 Å². The van der Waals surface area contributed by atoms with Gasteiger partial charge in [-0.05, 0) is 6.42 Å². The first-order valence-electron chi connectivity index (χ1n) is 3.28. The van der Waals surface area contributed by atoms with Crippen LogP contribution in [0.2, 0.25) is 0 Å². The van der Waals surface area contributed by atoms with Crippen LogP contribution in [0.1, 0.15) is 6.42 Å². The van der Waals surface area contributed by atoms with E-state index in [1.807, 2.05) is 11.8 Å². The third-order valence-electron chi connectivity index (χ3n) is 1.97. The molecule has 0 aromatic rings. The van der Waals surface area contributed by atoms with E-state index in [0.717, 1.165) is 25.4 Å². The summed E-state index contributed by atoms with van der Waals surface area (Å²) >= 11 is 1.99. The number of hydrogen-bond donors (Lipinski definition) is 1. The number of nitrogens with two attached hydrogens (primary N) is 1. The van der Waals surface area contributed by atoms with Crippen LogP contribution < -0.4 is 5.73 Å². The SMILES string of the molecule is NC1CSC2(COC2)C1. The molecule has 0 saturated carbocycles. The van der Waals surface area contributed by atoms with Crippen molar-refractivity contribution >= 4 is 11.8 Å². The largest absolute Gasteiger partial charge is 0.378 e. The Morgan fingerprint density at radius 3 is 2.56 bits per heavy atom. The Balaban J connectivity index is 1.99. The summed E-state index contributed by atoms with van der Waals surface area (Å²) in [7, 11) is 0. The maximum absolute atomic E-state index is 5.74. The van der Waals surface area contributed by atoms with Crippen molar-refractivity contribution in [2.24, 2.45) is 5.73 Å². The normalized spacial score (nSPS) is 39.0. The Bertz CT molecular complexity index is 124. The van der Waals surface area contributed by atoms with Gasteiger partial charge < -0.3 is 10.5 Å². The first-order chi connectivity index (χ1) is 4.31. The van der Waals surface area contributed by atoms with Gasteiger partial charge in [0.25, 0.3) is 0 Å². The molecular weight excluding hydrogens is 134 g/mol. The minimum absolute atomic E-state index is 0.430. The van der Waals surface area contributed by atoms with Gasteiger partial charge in [0.1, 0.15) is 0 Å². The highest BCUT2D eigenvalue weighted by atomic mass is 32.2. The summed E-state index contributed by atoms with van der Waals surface area (Å²) in [6.45, 7) is 1.87. The molecule has 2 N–H and O–H groups in total. The lowest BCUT2D eigenvalue weighted by atomic mass is 9.99. The van der Waals surface area contributed by atoms with E-state index in [1.54, 1.807) is 0 Å². The van der Waals surface area contributed by atoms with Crippen molar-refractivity contribution < 1.29 is 4.74 Å². The number of ether oxygens (including phenoxy) is 1. The summed E-state index contributed by atoms with van der Waals surface area (Å²) in [5.41, 5.74) is 5.74. The van der Waals surface area contributed by atoms with E-state index in [0.29, 0.717) is 10.8 Å². The van der Waals surface area contributed by atoms with Crippen molar-refractivity contribution in [2.45, 2.75) is 17.2 Å². The first-order valence-corrected chi connectivity index (χ1v) is 4.27. The van der Waals surface area contributed by atoms with Gasteiger partial charge in [-0.25, -0.2) is 0 Å². The van der Waals surface area contributed by atoms with Crippen LogP contribution in [0.15, 0.2) is 0 Å². The van der Waals surface area contributed by atoms with E-state index in [1.165, 1.54) is 0 Å². The summed E-state index contributed by atoms with van der Waals surface area (Å²) in [6, 6.07) is 0.430. The molecule has 1 spiro atoms. The smallest absolute Gasteiger partial charge is 0.0641 e. The molecule has 2 rings (SSSR count). The Morgan fingerprint density at radius 1 is 1.56 bits per heavy atom. The van der Waals surface area contributed by atoms with E-state index in [4.69, 9.17) is 10.5 Å². The van der Waals surface area contributed by atoms with Crippen molar-refractivity contribution in [3.8, 4) is 0 Å². The molecular formula is C6H11NOS.